The molecule has 0 radical (unpaired) electrons. The lowest BCUT2D eigenvalue weighted by Crippen LogP contribution is -2.31. The fraction of sp³-hybridized carbons (Fsp3) is 0.400. The number of aliphatic hydroxyl groups excluding tert-OH is 1. The molecule has 0 amide bonds. The second-order valence-corrected chi connectivity index (χ2v) is 7.31. The van der Waals surface area contributed by atoms with E-state index in [9.17, 15) is 31.4 Å². The minimum atomic E-state index is -4.62. The van der Waals surface area contributed by atoms with Crippen molar-refractivity contribution in [2.75, 3.05) is 13.1 Å². The molecule has 2 N–H and O–H groups in total. The van der Waals surface area contributed by atoms with E-state index in [0.717, 1.165) is 30.7 Å². The maximum atomic E-state index is 13.2. The number of alkyl halides is 6. The van der Waals surface area contributed by atoms with Crippen molar-refractivity contribution < 1.29 is 31.4 Å². The summed E-state index contributed by atoms with van der Waals surface area (Å²) in [6, 6.07) is 5.70. The summed E-state index contributed by atoms with van der Waals surface area (Å²) in [5, 5.41) is 13.8. The van der Waals surface area contributed by atoms with Crippen molar-refractivity contribution in [3.8, 4) is 0 Å². The van der Waals surface area contributed by atoms with Crippen molar-refractivity contribution >= 4 is 21.8 Å². The Hall–Kier alpha value is -2.26. The van der Waals surface area contributed by atoms with E-state index >= 15 is 0 Å². The Kier molecular flexibility index (Phi) is 4.77. The Balaban J connectivity index is 2.03. The molecule has 4 rings (SSSR count). The first-order valence-electron chi connectivity index (χ1n) is 9.18. The molecule has 0 unspecified atom stereocenters. The van der Waals surface area contributed by atoms with Crippen LogP contribution in [0.25, 0.3) is 21.8 Å². The number of hydrogen-bond donors (Lipinski definition) is 2. The van der Waals surface area contributed by atoms with Crippen LogP contribution in [0.5, 0.6) is 0 Å². The average molecular weight is 416 g/mol. The molecule has 1 saturated heterocycles. The Morgan fingerprint density at radius 2 is 1.38 bits per heavy atom. The molecule has 0 bridgehead atoms. The molecule has 2 heterocycles. The van der Waals surface area contributed by atoms with Gasteiger partial charge in [0.2, 0.25) is 0 Å². The topological polar surface area (TPSA) is 37.2 Å². The summed E-state index contributed by atoms with van der Waals surface area (Å²) >= 11 is 0. The van der Waals surface area contributed by atoms with Gasteiger partial charge in [0, 0.05) is 28.4 Å². The van der Waals surface area contributed by atoms with Gasteiger partial charge in [-0.05, 0) is 55.8 Å². The number of rotatable bonds is 1. The van der Waals surface area contributed by atoms with E-state index in [1.54, 1.807) is 4.57 Å². The SMILES string of the molecule is O[C@@H]1CNCCC[C@H]1n1c2ccc(C(F)(F)F)cc2c2cc(C(F)(F)F)ccc21. The van der Waals surface area contributed by atoms with Gasteiger partial charge in [-0.1, -0.05) is 0 Å². The second-order valence-electron chi connectivity index (χ2n) is 7.31. The van der Waals surface area contributed by atoms with E-state index in [1.165, 1.54) is 12.1 Å². The molecule has 29 heavy (non-hydrogen) atoms. The van der Waals surface area contributed by atoms with Crippen LogP contribution in [0.15, 0.2) is 36.4 Å². The standard InChI is InChI=1S/C20H18F6N2O/c21-19(22,23)11-3-5-15-13(8-11)14-9-12(20(24,25)26)4-6-16(14)28(15)17-2-1-7-27-10-18(17)29/h3-6,8-9,17-18,27,29H,1-2,7,10H2/t17-,18-/m1/s1. The van der Waals surface area contributed by atoms with Crippen LogP contribution in [0.4, 0.5) is 26.3 Å². The zero-order valence-corrected chi connectivity index (χ0v) is 15.1. The van der Waals surface area contributed by atoms with Gasteiger partial charge < -0.3 is 15.0 Å². The van der Waals surface area contributed by atoms with Gasteiger partial charge in [-0.3, -0.25) is 0 Å². The van der Waals surface area contributed by atoms with E-state index in [1.807, 2.05) is 0 Å². The van der Waals surface area contributed by atoms with Crippen LogP contribution in [-0.2, 0) is 12.4 Å². The lowest BCUT2D eigenvalue weighted by molar-refractivity contribution is -0.138. The van der Waals surface area contributed by atoms with E-state index in [2.05, 4.69) is 5.32 Å². The molecule has 0 aliphatic carbocycles. The monoisotopic (exact) mass is 416 g/mol. The van der Waals surface area contributed by atoms with E-state index in [-0.39, 0.29) is 10.8 Å². The first kappa shape index (κ1) is 20.0. The molecule has 0 saturated carbocycles. The van der Waals surface area contributed by atoms with Crippen LogP contribution in [0.1, 0.15) is 30.0 Å². The largest absolute Gasteiger partial charge is 0.416 e. The van der Waals surface area contributed by atoms with Crippen molar-refractivity contribution in [3.63, 3.8) is 0 Å². The van der Waals surface area contributed by atoms with Crippen LogP contribution in [0.3, 0.4) is 0 Å². The number of halogens is 6. The fourth-order valence-corrected chi connectivity index (χ4v) is 4.08. The Bertz CT molecular complexity index is 982. The second kappa shape index (κ2) is 6.91. The van der Waals surface area contributed by atoms with Crippen LogP contribution in [0, 0.1) is 0 Å². The third-order valence-corrected chi connectivity index (χ3v) is 5.44. The summed E-state index contributed by atoms with van der Waals surface area (Å²) in [6.45, 7) is 0.980. The highest BCUT2D eigenvalue weighted by atomic mass is 19.4. The van der Waals surface area contributed by atoms with Gasteiger partial charge >= 0.3 is 12.4 Å². The summed E-state index contributed by atoms with van der Waals surface area (Å²) in [6.07, 6.45) is -8.77. The number of aliphatic hydroxyl groups is 1. The Morgan fingerprint density at radius 3 is 1.86 bits per heavy atom. The first-order chi connectivity index (χ1) is 13.6. The van der Waals surface area contributed by atoms with Crippen LogP contribution in [0.2, 0.25) is 0 Å². The zero-order chi connectivity index (χ0) is 21.0. The number of nitrogens with zero attached hydrogens (tertiary/aromatic N) is 1. The number of aromatic nitrogens is 1. The molecular formula is C20H18F6N2O. The van der Waals surface area contributed by atoms with Gasteiger partial charge in [-0.2, -0.15) is 26.3 Å². The van der Waals surface area contributed by atoms with Gasteiger partial charge in [0.05, 0.1) is 23.3 Å². The summed E-state index contributed by atoms with van der Waals surface area (Å²) in [5.41, 5.74) is -1.11. The number of fused-ring (bicyclic) bond motifs is 3. The lowest BCUT2D eigenvalue weighted by atomic mass is 10.1. The van der Waals surface area contributed by atoms with E-state index in [4.69, 9.17) is 0 Å². The number of benzene rings is 2. The molecule has 0 spiro atoms. The molecule has 1 aromatic heterocycles. The van der Waals surface area contributed by atoms with Crippen LogP contribution < -0.4 is 5.32 Å². The first-order valence-corrected chi connectivity index (χ1v) is 9.18. The summed E-state index contributed by atoms with van der Waals surface area (Å²) < 4.78 is 81.0. The minimum absolute atomic E-state index is 0.0883. The van der Waals surface area contributed by atoms with Gasteiger partial charge in [0.15, 0.2) is 0 Å². The van der Waals surface area contributed by atoms with Gasteiger partial charge in [-0.15, -0.1) is 0 Å². The van der Waals surface area contributed by atoms with Crippen molar-refractivity contribution in [1.82, 2.24) is 9.88 Å². The molecule has 2 aromatic carbocycles. The van der Waals surface area contributed by atoms with Gasteiger partial charge in [0.25, 0.3) is 0 Å². The maximum absolute atomic E-state index is 13.2. The minimum Gasteiger partial charge on any atom is -0.390 e. The molecule has 9 heteroatoms. The lowest BCUT2D eigenvalue weighted by Gasteiger charge is -2.24. The third-order valence-electron chi connectivity index (χ3n) is 5.44. The van der Waals surface area contributed by atoms with Crippen molar-refractivity contribution in [2.45, 2.75) is 37.3 Å². The average Bonchev–Trinajstić information content (AvgIpc) is 2.80. The van der Waals surface area contributed by atoms with E-state index in [0.29, 0.717) is 30.5 Å². The summed E-state index contributed by atoms with van der Waals surface area (Å²) in [7, 11) is 0. The van der Waals surface area contributed by atoms with Crippen LogP contribution in [-0.4, -0.2) is 28.9 Å². The molecule has 1 aliphatic rings. The van der Waals surface area contributed by atoms with Gasteiger partial charge in [-0.25, -0.2) is 0 Å². The number of hydrogen-bond acceptors (Lipinski definition) is 2. The van der Waals surface area contributed by atoms with Gasteiger partial charge in [0.1, 0.15) is 0 Å². The number of nitrogens with one attached hydrogen (secondary N) is 1. The predicted molar refractivity (Wildman–Crippen MR) is 96.6 cm³/mol. The van der Waals surface area contributed by atoms with Crippen molar-refractivity contribution in [3.05, 3.63) is 47.5 Å². The predicted octanol–water partition coefficient (Wildman–Crippen LogP) is 5.12. The molecule has 3 nitrogen and oxygen atoms in total. The smallest absolute Gasteiger partial charge is 0.390 e. The maximum Gasteiger partial charge on any atom is 0.416 e. The van der Waals surface area contributed by atoms with Crippen LogP contribution >= 0.6 is 0 Å². The molecule has 156 valence electrons. The normalized spacial score (nSPS) is 21.6. The highest BCUT2D eigenvalue weighted by molar-refractivity contribution is 6.08. The Morgan fingerprint density at radius 1 is 0.862 bits per heavy atom. The van der Waals surface area contributed by atoms with E-state index < -0.39 is 35.6 Å². The molecular weight excluding hydrogens is 398 g/mol. The van der Waals surface area contributed by atoms with Crippen molar-refractivity contribution in [2.24, 2.45) is 0 Å². The zero-order valence-electron chi connectivity index (χ0n) is 15.1. The number of β-amino-alcohol motifs (C(OH)–C–C–N with tert-alkyl or cyclic N) is 1. The molecule has 3 aromatic rings. The molecule has 2 atom stereocenters. The summed E-state index contributed by atoms with van der Waals surface area (Å²) in [5.74, 6) is 0. The van der Waals surface area contributed by atoms with Crippen molar-refractivity contribution in [1.29, 1.82) is 0 Å². The Labute approximate surface area is 161 Å². The highest BCUT2D eigenvalue weighted by Gasteiger charge is 2.34. The summed E-state index contributed by atoms with van der Waals surface area (Å²) in [4.78, 5) is 0. The fourth-order valence-electron chi connectivity index (χ4n) is 4.08. The third kappa shape index (κ3) is 3.57. The molecule has 1 aliphatic heterocycles. The highest BCUT2D eigenvalue weighted by Crippen LogP contribution is 2.41. The quantitative estimate of drug-likeness (QED) is 0.541. The molecule has 1 fully saturated rings.